The summed E-state index contributed by atoms with van der Waals surface area (Å²) in [6.45, 7) is 3.92. The summed E-state index contributed by atoms with van der Waals surface area (Å²) in [5, 5.41) is 3.38. The highest BCUT2D eigenvalue weighted by Gasteiger charge is 2.21. The van der Waals surface area contributed by atoms with E-state index < -0.39 is 0 Å². The second-order valence-corrected chi connectivity index (χ2v) is 7.84. The van der Waals surface area contributed by atoms with Gasteiger partial charge in [-0.3, -0.25) is 19.0 Å². The molecule has 1 aliphatic heterocycles. The van der Waals surface area contributed by atoms with Gasteiger partial charge in [0.05, 0.1) is 16.3 Å². The van der Waals surface area contributed by atoms with E-state index in [2.05, 4.69) is 10.3 Å². The highest BCUT2D eigenvalue weighted by atomic mass is 32.2. The molecule has 0 fully saturated rings. The first-order valence-corrected chi connectivity index (χ1v) is 10.3. The Bertz CT molecular complexity index is 907. The minimum absolute atomic E-state index is 0.0114. The fourth-order valence-corrected chi connectivity index (χ4v) is 4.55. The number of thioether (sulfide) groups is 2. The number of amides is 1. The van der Waals surface area contributed by atoms with Gasteiger partial charge in [-0.1, -0.05) is 11.8 Å². The molecule has 1 N–H and O–H groups in total. The highest BCUT2D eigenvalue weighted by Crippen LogP contribution is 2.28. The number of ketones is 1. The van der Waals surface area contributed by atoms with E-state index in [1.54, 1.807) is 40.6 Å². The second-order valence-electron chi connectivity index (χ2n) is 5.79. The topological polar surface area (TPSA) is 81.1 Å². The zero-order valence-corrected chi connectivity index (χ0v) is 16.2. The molecule has 0 radical (unpaired) electrons. The molecule has 0 unspecified atom stereocenters. The van der Waals surface area contributed by atoms with Crippen LogP contribution >= 0.6 is 23.5 Å². The lowest BCUT2D eigenvalue weighted by Crippen LogP contribution is -2.25. The molecule has 136 valence electrons. The first kappa shape index (κ1) is 18.7. The summed E-state index contributed by atoms with van der Waals surface area (Å²) in [6, 6.07) is 6.76. The van der Waals surface area contributed by atoms with Gasteiger partial charge in [0.25, 0.3) is 5.56 Å². The summed E-state index contributed by atoms with van der Waals surface area (Å²) in [5.41, 5.74) is 2.06. The first-order valence-electron chi connectivity index (χ1n) is 8.29. The van der Waals surface area contributed by atoms with Crippen LogP contribution in [-0.4, -0.2) is 32.7 Å². The molecule has 0 spiro atoms. The van der Waals surface area contributed by atoms with Gasteiger partial charge < -0.3 is 5.32 Å². The smallest absolute Gasteiger partial charge is 0.268 e. The summed E-state index contributed by atoms with van der Waals surface area (Å²) in [6.07, 6.45) is 0.794. The van der Waals surface area contributed by atoms with Crippen molar-refractivity contribution in [2.75, 3.05) is 16.8 Å². The van der Waals surface area contributed by atoms with Gasteiger partial charge in [-0.15, -0.1) is 11.8 Å². The molecule has 1 aliphatic rings. The lowest BCUT2D eigenvalue weighted by atomic mass is 10.1. The number of hydrogen-bond acceptors (Lipinski definition) is 6. The lowest BCUT2D eigenvalue weighted by Gasteiger charge is -2.11. The lowest BCUT2D eigenvalue weighted by molar-refractivity contribution is -0.113. The Hall–Kier alpha value is -2.06. The molecule has 0 saturated heterocycles. The molecule has 2 aromatic rings. The van der Waals surface area contributed by atoms with Crippen LogP contribution in [0.4, 0.5) is 5.69 Å². The van der Waals surface area contributed by atoms with Gasteiger partial charge in [0.2, 0.25) is 5.91 Å². The minimum Gasteiger partial charge on any atom is -0.325 e. The zero-order chi connectivity index (χ0) is 18.7. The molecule has 26 heavy (non-hydrogen) atoms. The average molecular weight is 390 g/mol. The number of carbonyl (C=O) groups is 2. The number of carbonyl (C=O) groups excluding carboxylic acids is 2. The standard InChI is InChI=1S/C18H19N3O3S2/c1-3-21-17(24)16-14(8-9-25-16)20-18(21)26-10-15(23)19-13-6-4-12(5-7-13)11(2)22/h4-7H,3,8-10H2,1-2H3,(H,19,23). The van der Waals surface area contributed by atoms with Crippen molar-refractivity contribution in [2.24, 2.45) is 0 Å². The highest BCUT2D eigenvalue weighted by molar-refractivity contribution is 8.00. The molecular weight excluding hydrogens is 370 g/mol. The predicted octanol–water partition coefficient (Wildman–Crippen LogP) is 2.84. The maximum Gasteiger partial charge on any atom is 0.268 e. The van der Waals surface area contributed by atoms with E-state index >= 15 is 0 Å². The van der Waals surface area contributed by atoms with Crippen LogP contribution in [0, 0.1) is 0 Å². The van der Waals surface area contributed by atoms with Crippen LogP contribution in [0.15, 0.2) is 39.1 Å². The minimum atomic E-state index is -0.183. The van der Waals surface area contributed by atoms with Gasteiger partial charge in [0, 0.05) is 30.0 Å². The Morgan fingerprint density at radius 1 is 1.31 bits per heavy atom. The number of rotatable bonds is 6. The average Bonchev–Trinajstić information content (AvgIpc) is 3.09. The van der Waals surface area contributed by atoms with Crippen LogP contribution in [0.3, 0.4) is 0 Å². The third-order valence-electron chi connectivity index (χ3n) is 3.97. The van der Waals surface area contributed by atoms with Crippen molar-refractivity contribution in [3.8, 4) is 0 Å². The number of fused-ring (bicyclic) bond motifs is 1. The maximum atomic E-state index is 12.5. The fourth-order valence-electron chi connectivity index (χ4n) is 2.63. The molecule has 3 rings (SSSR count). The number of Topliss-reactive ketones (excluding diaryl/α,β-unsaturated/α-hetero) is 1. The van der Waals surface area contributed by atoms with Gasteiger partial charge in [-0.2, -0.15) is 0 Å². The molecule has 1 amide bonds. The van der Waals surface area contributed by atoms with Gasteiger partial charge in [0.1, 0.15) is 0 Å². The van der Waals surface area contributed by atoms with Crippen LogP contribution in [0.1, 0.15) is 29.9 Å². The summed E-state index contributed by atoms with van der Waals surface area (Å²) in [5.74, 6) is 0.841. The number of hydrogen-bond donors (Lipinski definition) is 1. The quantitative estimate of drug-likeness (QED) is 0.465. The number of nitrogens with one attached hydrogen (secondary N) is 1. The molecule has 0 saturated carbocycles. The van der Waals surface area contributed by atoms with Crippen LogP contribution in [0.5, 0.6) is 0 Å². The third-order valence-corrected chi connectivity index (χ3v) is 6.06. The van der Waals surface area contributed by atoms with Crippen molar-refractivity contribution in [2.45, 2.75) is 36.9 Å². The van der Waals surface area contributed by atoms with Gasteiger partial charge in [-0.25, -0.2) is 4.98 Å². The SMILES string of the molecule is CCn1c(SCC(=O)Nc2ccc(C(C)=O)cc2)nc2c(c1=O)SCC2. The Balaban J connectivity index is 1.67. The summed E-state index contributed by atoms with van der Waals surface area (Å²) in [7, 11) is 0. The van der Waals surface area contributed by atoms with E-state index in [1.165, 1.54) is 18.7 Å². The van der Waals surface area contributed by atoms with Gasteiger partial charge in [-0.05, 0) is 38.1 Å². The third kappa shape index (κ3) is 4.02. The first-order chi connectivity index (χ1) is 12.5. The van der Waals surface area contributed by atoms with Crippen molar-refractivity contribution < 1.29 is 9.59 Å². The van der Waals surface area contributed by atoms with E-state index in [0.29, 0.717) is 23.0 Å². The Morgan fingerprint density at radius 2 is 2.04 bits per heavy atom. The second kappa shape index (κ2) is 8.09. The molecule has 0 atom stereocenters. The number of anilines is 1. The molecule has 1 aromatic carbocycles. The molecule has 0 aliphatic carbocycles. The predicted molar refractivity (Wildman–Crippen MR) is 104 cm³/mol. The largest absolute Gasteiger partial charge is 0.325 e. The van der Waals surface area contributed by atoms with Crippen LogP contribution in [-0.2, 0) is 17.8 Å². The van der Waals surface area contributed by atoms with E-state index in [-0.39, 0.29) is 23.0 Å². The zero-order valence-electron chi connectivity index (χ0n) is 14.6. The van der Waals surface area contributed by atoms with Crippen molar-refractivity contribution in [3.63, 3.8) is 0 Å². The van der Waals surface area contributed by atoms with Crippen LogP contribution in [0.25, 0.3) is 0 Å². The monoisotopic (exact) mass is 389 g/mol. The molecule has 0 bridgehead atoms. The number of benzene rings is 1. The molecule has 1 aromatic heterocycles. The van der Waals surface area contributed by atoms with Crippen LogP contribution < -0.4 is 10.9 Å². The van der Waals surface area contributed by atoms with Crippen molar-refractivity contribution >= 4 is 40.9 Å². The van der Waals surface area contributed by atoms with Crippen molar-refractivity contribution in [3.05, 3.63) is 45.9 Å². The summed E-state index contributed by atoms with van der Waals surface area (Å²) < 4.78 is 1.62. The van der Waals surface area contributed by atoms with Crippen molar-refractivity contribution in [1.29, 1.82) is 0 Å². The maximum absolute atomic E-state index is 12.5. The normalized spacial score (nSPS) is 12.7. The molecule has 8 heteroatoms. The number of aryl methyl sites for hydroxylation is 1. The molecule has 2 heterocycles. The fraction of sp³-hybridized carbons (Fsp3) is 0.333. The van der Waals surface area contributed by atoms with E-state index in [9.17, 15) is 14.4 Å². The van der Waals surface area contributed by atoms with E-state index in [1.807, 2.05) is 6.92 Å². The van der Waals surface area contributed by atoms with Crippen molar-refractivity contribution in [1.82, 2.24) is 9.55 Å². The van der Waals surface area contributed by atoms with Gasteiger partial charge >= 0.3 is 0 Å². The van der Waals surface area contributed by atoms with Crippen LogP contribution in [0.2, 0.25) is 0 Å². The summed E-state index contributed by atoms with van der Waals surface area (Å²) in [4.78, 5) is 41.3. The summed E-state index contributed by atoms with van der Waals surface area (Å²) >= 11 is 2.82. The number of nitrogens with zero attached hydrogens (tertiary/aromatic N) is 2. The van der Waals surface area contributed by atoms with Gasteiger partial charge in [0.15, 0.2) is 10.9 Å². The van der Waals surface area contributed by atoms with E-state index in [0.717, 1.165) is 22.8 Å². The molecule has 6 nitrogen and oxygen atoms in total. The Morgan fingerprint density at radius 3 is 2.69 bits per heavy atom. The van der Waals surface area contributed by atoms with E-state index in [4.69, 9.17) is 0 Å². The molecular formula is C18H19N3O3S2. The Labute approximate surface area is 159 Å². The Kier molecular flexibility index (Phi) is 5.83. The number of aromatic nitrogens is 2.